The molecule has 0 aromatic carbocycles. The highest BCUT2D eigenvalue weighted by Gasteiger charge is 2.32. The molecule has 16 heavy (non-hydrogen) atoms. The Labute approximate surface area is 103 Å². The van der Waals surface area contributed by atoms with Gasteiger partial charge in [-0.3, -0.25) is 4.79 Å². The van der Waals surface area contributed by atoms with Gasteiger partial charge in [-0.1, -0.05) is 23.2 Å². The highest BCUT2D eigenvalue weighted by molar-refractivity contribution is 6.34. The Morgan fingerprint density at radius 3 is 2.81 bits per heavy atom. The van der Waals surface area contributed by atoms with Gasteiger partial charge in [0.1, 0.15) is 10.8 Å². The van der Waals surface area contributed by atoms with Crippen LogP contribution in [0.25, 0.3) is 0 Å². The number of rotatable bonds is 2. The van der Waals surface area contributed by atoms with Gasteiger partial charge in [0.25, 0.3) is 5.91 Å². The van der Waals surface area contributed by atoms with Crippen molar-refractivity contribution in [2.75, 3.05) is 19.7 Å². The summed E-state index contributed by atoms with van der Waals surface area (Å²) in [4.78, 5) is 17.4. The third-order valence-corrected chi connectivity index (χ3v) is 3.03. The molecule has 0 radical (unpaired) electrons. The first-order valence-electron chi connectivity index (χ1n) is 4.84. The monoisotopic (exact) mass is 260 g/mol. The lowest BCUT2D eigenvalue weighted by Crippen LogP contribution is -2.51. The molecule has 4 nitrogen and oxygen atoms in total. The van der Waals surface area contributed by atoms with E-state index in [1.165, 1.54) is 6.07 Å². The molecule has 1 N–H and O–H groups in total. The van der Waals surface area contributed by atoms with E-state index in [9.17, 15) is 4.79 Å². The minimum Gasteiger partial charge on any atom is -0.396 e. The second-order valence-electron chi connectivity index (χ2n) is 3.72. The predicted octanol–water partition coefficient (Wildman–Crippen LogP) is 1.45. The van der Waals surface area contributed by atoms with E-state index in [1.807, 2.05) is 0 Å². The van der Waals surface area contributed by atoms with Crippen molar-refractivity contribution in [3.8, 4) is 0 Å². The minimum absolute atomic E-state index is 0.0977. The van der Waals surface area contributed by atoms with E-state index in [2.05, 4.69) is 4.98 Å². The average Bonchev–Trinajstić information content (AvgIpc) is 2.20. The van der Waals surface area contributed by atoms with Crippen molar-refractivity contribution in [3.63, 3.8) is 0 Å². The molecule has 0 bridgehead atoms. The number of carbonyl (C=O) groups is 1. The van der Waals surface area contributed by atoms with Gasteiger partial charge in [-0.15, -0.1) is 0 Å². The first kappa shape index (κ1) is 11.6. The summed E-state index contributed by atoms with van der Waals surface area (Å²) < 4.78 is 0. The largest absolute Gasteiger partial charge is 0.396 e. The summed E-state index contributed by atoms with van der Waals surface area (Å²) in [7, 11) is 0. The fourth-order valence-electron chi connectivity index (χ4n) is 1.57. The van der Waals surface area contributed by atoms with Gasteiger partial charge >= 0.3 is 0 Å². The third kappa shape index (κ3) is 2.14. The van der Waals surface area contributed by atoms with E-state index in [4.69, 9.17) is 28.3 Å². The molecule has 0 unspecified atom stereocenters. The molecule has 86 valence electrons. The van der Waals surface area contributed by atoms with Crippen LogP contribution in [0, 0.1) is 5.92 Å². The molecule has 1 amide bonds. The van der Waals surface area contributed by atoms with Crippen molar-refractivity contribution in [1.29, 1.82) is 0 Å². The first-order valence-corrected chi connectivity index (χ1v) is 5.59. The number of hydrogen-bond donors (Lipinski definition) is 1. The molecule has 1 aliphatic rings. The number of carbonyl (C=O) groups excluding carboxylic acids is 1. The number of aliphatic hydroxyl groups excluding tert-OH is 1. The number of aliphatic hydroxyl groups is 1. The number of likely N-dealkylation sites (tertiary alicyclic amines) is 1. The van der Waals surface area contributed by atoms with E-state index < -0.39 is 0 Å². The molecule has 0 aliphatic carbocycles. The Morgan fingerprint density at radius 2 is 2.19 bits per heavy atom. The maximum absolute atomic E-state index is 11.9. The van der Waals surface area contributed by atoms with Gasteiger partial charge in [0.05, 0.1) is 5.02 Å². The quantitative estimate of drug-likeness (QED) is 0.820. The van der Waals surface area contributed by atoms with Crippen LogP contribution >= 0.6 is 23.2 Å². The van der Waals surface area contributed by atoms with Crippen LogP contribution < -0.4 is 0 Å². The Kier molecular flexibility index (Phi) is 3.33. The maximum Gasteiger partial charge on any atom is 0.274 e. The molecule has 0 saturated carbocycles. The highest BCUT2D eigenvalue weighted by atomic mass is 35.5. The zero-order chi connectivity index (χ0) is 11.7. The molecular weight excluding hydrogens is 251 g/mol. The summed E-state index contributed by atoms with van der Waals surface area (Å²) in [5, 5.41) is 9.39. The van der Waals surface area contributed by atoms with Crippen LogP contribution in [0.15, 0.2) is 12.1 Å². The summed E-state index contributed by atoms with van der Waals surface area (Å²) in [6, 6.07) is 3.08. The first-order chi connectivity index (χ1) is 7.61. The summed E-state index contributed by atoms with van der Waals surface area (Å²) in [6.45, 7) is 1.18. The van der Waals surface area contributed by atoms with Crippen LogP contribution in [0.5, 0.6) is 0 Å². The van der Waals surface area contributed by atoms with Gasteiger partial charge in [0.2, 0.25) is 0 Å². The molecule has 0 atom stereocenters. The van der Waals surface area contributed by atoms with Gasteiger partial charge in [0.15, 0.2) is 0 Å². The average molecular weight is 261 g/mol. The van der Waals surface area contributed by atoms with Gasteiger partial charge in [0, 0.05) is 25.6 Å². The third-order valence-electron chi connectivity index (χ3n) is 2.52. The molecular formula is C10H10Cl2N2O2. The van der Waals surface area contributed by atoms with Crippen molar-refractivity contribution in [1.82, 2.24) is 9.88 Å². The van der Waals surface area contributed by atoms with Crippen LogP contribution in [-0.2, 0) is 0 Å². The maximum atomic E-state index is 11.9. The lowest BCUT2D eigenvalue weighted by molar-refractivity contribution is 0.0357. The Balaban J connectivity index is 2.13. The minimum atomic E-state index is -0.239. The van der Waals surface area contributed by atoms with Crippen LogP contribution in [0.4, 0.5) is 0 Å². The summed E-state index contributed by atoms with van der Waals surface area (Å²) in [5.74, 6) is -0.0703. The van der Waals surface area contributed by atoms with Crippen molar-refractivity contribution >= 4 is 29.1 Å². The molecule has 6 heteroatoms. The van der Waals surface area contributed by atoms with E-state index >= 15 is 0 Å². The molecule has 1 saturated heterocycles. The normalized spacial score (nSPS) is 16.1. The summed E-state index contributed by atoms with van der Waals surface area (Å²) >= 11 is 11.6. The molecule has 1 aromatic rings. The Bertz CT molecular complexity index is 419. The number of aromatic nitrogens is 1. The van der Waals surface area contributed by atoms with Crippen molar-refractivity contribution in [2.24, 2.45) is 5.92 Å². The molecule has 1 aliphatic heterocycles. The lowest BCUT2D eigenvalue weighted by atomic mass is 10.0. The fraction of sp³-hybridized carbons (Fsp3) is 0.400. The molecule has 0 spiro atoms. The zero-order valence-electron chi connectivity index (χ0n) is 8.36. The van der Waals surface area contributed by atoms with E-state index in [1.54, 1.807) is 11.0 Å². The van der Waals surface area contributed by atoms with Crippen molar-refractivity contribution < 1.29 is 9.90 Å². The topological polar surface area (TPSA) is 53.4 Å². The van der Waals surface area contributed by atoms with Gasteiger partial charge < -0.3 is 10.0 Å². The van der Waals surface area contributed by atoms with Crippen LogP contribution in [-0.4, -0.2) is 40.6 Å². The van der Waals surface area contributed by atoms with Gasteiger partial charge in [-0.25, -0.2) is 4.98 Å². The number of nitrogens with zero attached hydrogens (tertiary/aromatic N) is 2. The van der Waals surface area contributed by atoms with Crippen LogP contribution in [0.2, 0.25) is 10.2 Å². The second-order valence-corrected chi connectivity index (χ2v) is 4.52. The molecule has 1 fully saturated rings. The van der Waals surface area contributed by atoms with Crippen LogP contribution in [0.1, 0.15) is 10.5 Å². The highest BCUT2D eigenvalue weighted by Crippen LogP contribution is 2.22. The van der Waals surface area contributed by atoms with Crippen molar-refractivity contribution in [3.05, 3.63) is 28.0 Å². The lowest BCUT2D eigenvalue weighted by Gasteiger charge is -2.38. The van der Waals surface area contributed by atoms with Crippen LogP contribution in [0.3, 0.4) is 0 Å². The predicted molar refractivity (Wildman–Crippen MR) is 60.7 cm³/mol. The molecule has 1 aromatic heterocycles. The smallest absolute Gasteiger partial charge is 0.274 e. The fourth-order valence-corrected chi connectivity index (χ4v) is 1.90. The summed E-state index contributed by atoms with van der Waals surface area (Å²) in [6.07, 6.45) is 0. The van der Waals surface area contributed by atoms with Crippen molar-refractivity contribution in [2.45, 2.75) is 0 Å². The zero-order valence-corrected chi connectivity index (χ0v) is 9.87. The van der Waals surface area contributed by atoms with Gasteiger partial charge in [-0.05, 0) is 12.1 Å². The second kappa shape index (κ2) is 4.57. The Hall–Kier alpha value is -0.840. The number of amides is 1. The standard InChI is InChI=1S/C10H10Cl2N2O2/c11-7-1-2-8(12)13-9(7)10(16)14-3-6(4-14)5-15/h1-2,6,15H,3-5H2. The van der Waals surface area contributed by atoms with E-state index in [0.717, 1.165) is 0 Å². The Morgan fingerprint density at radius 1 is 1.50 bits per heavy atom. The number of pyridine rings is 1. The van der Waals surface area contributed by atoms with E-state index in [-0.39, 0.29) is 29.3 Å². The molecule has 2 heterocycles. The summed E-state index contributed by atoms with van der Waals surface area (Å²) in [5.41, 5.74) is 0.172. The van der Waals surface area contributed by atoms with Gasteiger partial charge in [-0.2, -0.15) is 0 Å². The number of hydrogen-bond acceptors (Lipinski definition) is 3. The molecule has 2 rings (SSSR count). The number of halogens is 2. The van der Waals surface area contributed by atoms with E-state index in [0.29, 0.717) is 18.1 Å². The SMILES string of the molecule is O=C(c1nc(Cl)ccc1Cl)N1CC(CO)C1.